The van der Waals surface area contributed by atoms with Crippen LogP contribution in [0.25, 0.3) is 10.9 Å². The molecule has 21 heavy (non-hydrogen) atoms. The first kappa shape index (κ1) is 13.7. The molecule has 1 aromatic carbocycles. The minimum Gasteiger partial charge on any atom is -0.494 e. The molecule has 0 aliphatic carbocycles. The van der Waals surface area contributed by atoms with Crippen molar-refractivity contribution < 1.29 is 4.74 Å². The first-order chi connectivity index (χ1) is 10.3. The SMILES string of the molecule is CCCC1CN(c2c(C#N)cnc3c(OC)cccc23)C1. The van der Waals surface area contributed by atoms with E-state index in [2.05, 4.69) is 22.9 Å². The van der Waals surface area contributed by atoms with Crippen LogP contribution in [0.15, 0.2) is 24.4 Å². The maximum Gasteiger partial charge on any atom is 0.145 e. The van der Waals surface area contributed by atoms with Gasteiger partial charge in [0.1, 0.15) is 17.3 Å². The normalized spacial score (nSPS) is 14.8. The molecule has 0 saturated carbocycles. The quantitative estimate of drug-likeness (QED) is 0.862. The Kier molecular flexibility index (Phi) is 3.66. The lowest BCUT2D eigenvalue weighted by atomic mass is 9.93. The number of para-hydroxylation sites is 1. The Balaban J connectivity index is 2.06. The molecule has 2 heterocycles. The van der Waals surface area contributed by atoms with Gasteiger partial charge in [-0.3, -0.25) is 4.98 Å². The van der Waals surface area contributed by atoms with Gasteiger partial charge in [-0.05, 0) is 18.4 Å². The van der Waals surface area contributed by atoms with Crippen LogP contribution in [-0.2, 0) is 0 Å². The van der Waals surface area contributed by atoms with Gasteiger partial charge in [0.05, 0.1) is 18.4 Å². The van der Waals surface area contributed by atoms with E-state index in [0.717, 1.165) is 41.3 Å². The summed E-state index contributed by atoms with van der Waals surface area (Å²) in [6, 6.07) is 8.16. The zero-order valence-electron chi connectivity index (χ0n) is 12.5. The lowest BCUT2D eigenvalue weighted by Crippen LogP contribution is -2.47. The third-order valence-electron chi connectivity index (χ3n) is 4.14. The predicted molar refractivity (Wildman–Crippen MR) is 83.6 cm³/mol. The number of aromatic nitrogens is 1. The van der Waals surface area contributed by atoms with E-state index < -0.39 is 0 Å². The molecule has 1 fully saturated rings. The molecule has 0 amide bonds. The van der Waals surface area contributed by atoms with Crippen molar-refractivity contribution >= 4 is 16.6 Å². The first-order valence-electron chi connectivity index (χ1n) is 7.39. The van der Waals surface area contributed by atoms with Crippen molar-refractivity contribution in [1.82, 2.24) is 4.98 Å². The highest BCUT2D eigenvalue weighted by Gasteiger charge is 2.29. The summed E-state index contributed by atoms with van der Waals surface area (Å²) >= 11 is 0. The van der Waals surface area contributed by atoms with E-state index in [1.807, 2.05) is 18.2 Å². The van der Waals surface area contributed by atoms with Gasteiger partial charge >= 0.3 is 0 Å². The van der Waals surface area contributed by atoms with Crippen molar-refractivity contribution in [3.05, 3.63) is 30.0 Å². The van der Waals surface area contributed by atoms with Crippen molar-refractivity contribution in [2.75, 3.05) is 25.1 Å². The van der Waals surface area contributed by atoms with Gasteiger partial charge < -0.3 is 9.64 Å². The number of anilines is 1. The molecule has 3 rings (SSSR count). The number of hydrogen-bond acceptors (Lipinski definition) is 4. The number of nitrogens with zero attached hydrogens (tertiary/aromatic N) is 3. The van der Waals surface area contributed by atoms with Crippen molar-refractivity contribution in [2.45, 2.75) is 19.8 Å². The number of fused-ring (bicyclic) bond motifs is 1. The fourth-order valence-corrected chi connectivity index (χ4v) is 3.11. The van der Waals surface area contributed by atoms with E-state index in [-0.39, 0.29) is 0 Å². The molecular weight excluding hydrogens is 262 g/mol. The zero-order chi connectivity index (χ0) is 14.8. The van der Waals surface area contributed by atoms with Gasteiger partial charge in [0.15, 0.2) is 0 Å². The number of nitriles is 1. The number of pyridine rings is 1. The van der Waals surface area contributed by atoms with Gasteiger partial charge in [-0.15, -0.1) is 0 Å². The Morgan fingerprint density at radius 3 is 2.90 bits per heavy atom. The van der Waals surface area contributed by atoms with E-state index in [9.17, 15) is 5.26 Å². The highest BCUT2D eigenvalue weighted by atomic mass is 16.5. The molecule has 1 aromatic heterocycles. The lowest BCUT2D eigenvalue weighted by molar-refractivity contribution is 0.381. The molecule has 0 unspecified atom stereocenters. The zero-order valence-corrected chi connectivity index (χ0v) is 12.5. The lowest BCUT2D eigenvalue weighted by Gasteiger charge is -2.42. The smallest absolute Gasteiger partial charge is 0.145 e. The molecular formula is C17H19N3O. The summed E-state index contributed by atoms with van der Waals surface area (Å²) in [6.07, 6.45) is 4.13. The van der Waals surface area contributed by atoms with Crippen molar-refractivity contribution in [2.24, 2.45) is 5.92 Å². The largest absolute Gasteiger partial charge is 0.494 e. The number of rotatable bonds is 4. The van der Waals surface area contributed by atoms with Crippen LogP contribution >= 0.6 is 0 Å². The van der Waals surface area contributed by atoms with Crippen LogP contribution in [0.2, 0.25) is 0 Å². The van der Waals surface area contributed by atoms with Crippen LogP contribution in [0.1, 0.15) is 25.3 Å². The molecule has 0 N–H and O–H groups in total. The molecule has 1 aliphatic heterocycles. The van der Waals surface area contributed by atoms with Crippen molar-refractivity contribution in [3.63, 3.8) is 0 Å². The van der Waals surface area contributed by atoms with E-state index in [1.165, 1.54) is 12.8 Å². The summed E-state index contributed by atoms with van der Waals surface area (Å²) in [4.78, 5) is 6.70. The van der Waals surface area contributed by atoms with E-state index in [0.29, 0.717) is 5.56 Å². The summed E-state index contributed by atoms with van der Waals surface area (Å²) in [7, 11) is 1.65. The maximum atomic E-state index is 9.39. The van der Waals surface area contributed by atoms with Gasteiger partial charge in [-0.2, -0.15) is 5.26 Å². The molecule has 2 aromatic rings. The first-order valence-corrected chi connectivity index (χ1v) is 7.39. The van der Waals surface area contributed by atoms with Gasteiger partial charge in [0.25, 0.3) is 0 Å². The van der Waals surface area contributed by atoms with Crippen molar-refractivity contribution in [1.29, 1.82) is 5.26 Å². The van der Waals surface area contributed by atoms with Crippen molar-refractivity contribution in [3.8, 4) is 11.8 Å². The van der Waals surface area contributed by atoms with Gasteiger partial charge in [-0.25, -0.2) is 0 Å². The average molecular weight is 281 g/mol. The molecule has 0 atom stereocenters. The minimum absolute atomic E-state index is 0.644. The molecule has 1 saturated heterocycles. The summed E-state index contributed by atoms with van der Waals surface area (Å²) in [5, 5.41) is 10.4. The molecule has 0 radical (unpaired) electrons. The number of methoxy groups -OCH3 is 1. The second kappa shape index (κ2) is 5.61. The standard InChI is InChI=1S/C17H19N3O/c1-3-5-12-10-20(11-12)17-13(8-18)9-19-16-14(17)6-4-7-15(16)21-2/h4,6-7,9,12H,3,5,10-11H2,1-2H3. The summed E-state index contributed by atoms with van der Waals surface area (Å²) in [5.41, 5.74) is 2.48. The number of benzene rings is 1. The van der Waals surface area contributed by atoms with E-state index in [4.69, 9.17) is 4.74 Å². The Hall–Kier alpha value is -2.28. The fourth-order valence-electron chi connectivity index (χ4n) is 3.11. The Labute approximate surface area is 125 Å². The molecule has 1 aliphatic rings. The van der Waals surface area contributed by atoms with Crippen LogP contribution in [0.4, 0.5) is 5.69 Å². The van der Waals surface area contributed by atoms with Crippen LogP contribution in [0.5, 0.6) is 5.75 Å². The average Bonchev–Trinajstić information content (AvgIpc) is 2.49. The second-order valence-electron chi connectivity index (χ2n) is 5.55. The summed E-state index contributed by atoms with van der Waals surface area (Å²) in [6.45, 7) is 4.27. The Morgan fingerprint density at radius 1 is 1.43 bits per heavy atom. The molecule has 4 heteroatoms. The highest BCUT2D eigenvalue weighted by molar-refractivity contribution is 5.97. The van der Waals surface area contributed by atoms with Gasteiger partial charge in [0.2, 0.25) is 0 Å². The van der Waals surface area contributed by atoms with Crippen LogP contribution in [0.3, 0.4) is 0 Å². The number of ether oxygens (including phenoxy) is 1. The Bertz CT molecular complexity index is 699. The van der Waals surface area contributed by atoms with Crippen LogP contribution in [-0.4, -0.2) is 25.2 Å². The molecule has 0 bridgehead atoms. The number of hydrogen-bond donors (Lipinski definition) is 0. The molecule has 0 spiro atoms. The third kappa shape index (κ3) is 2.29. The third-order valence-corrected chi connectivity index (χ3v) is 4.14. The Morgan fingerprint density at radius 2 is 2.24 bits per heavy atom. The monoisotopic (exact) mass is 281 g/mol. The summed E-state index contributed by atoms with van der Waals surface area (Å²) < 4.78 is 5.38. The fraction of sp³-hybridized carbons (Fsp3) is 0.412. The van der Waals surface area contributed by atoms with Gasteiger partial charge in [0, 0.05) is 24.7 Å². The van der Waals surface area contributed by atoms with E-state index >= 15 is 0 Å². The highest BCUT2D eigenvalue weighted by Crippen LogP contribution is 2.37. The molecule has 108 valence electrons. The van der Waals surface area contributed by atoms with Crippen LogP contribution in [0, 0.1) is 17.2 Å². The van der Waals surface area contributed by atoms with Crippen LogP contribution < -0.4 is 9.64 Å². The minimum atomic E-state index is 0.644. The topological polar surface area (TPSA) is 49.2 Å². The molecule has 4 nitrogen and oxygen atoms in total. The van der Waals surface area contributed by atoms with E-state index in [1.54, 1.807) is 13.3 Å². The predicted octanol–water partition coefficient (Wildman–Crippen LogP) is 3.35. The van der Waals surface area contributed by atoms with Gasteiger partial charge in [-0.1, -0.05) is 25.5 Å². The summed E-state index contributed by atoms with van der Waals surface area (Å²) in [5.74, 6) is 1.50. The maximum absolute atomic E-state index is 9.39. The second-order valence-corrected chi connectivity index (χ2v) is 5.55.